The van der Waals surface area contributed by atoms with Gasteiger partial charge < -0.3 is 70.9 Å². The maximum absolute atomic E-state index is 10.3. The first-order valence-electron chi connectivity index (χ1n) is 18.4. The second-order valence-corrected chi connectivity index (χ2v) is 13.8. The number of benzene rings is 3. The summed E-state index contributed by atoms with van der Waals surface area (Å²) >= 11 is 0. The molecule has 1 saturated heterocycles. The summed E-state index contributed by atoms with van der Waals surface area (Å²) in [6.45, 7) is 6.26. The van der Waals surface area contributed by atoms with Crippen LogP contribution in [-0.2, 0) is 35.3 Å². The van der Waals surface area contributed by atoms with Crippen molar-refractivity contribution >= 4 is 35.8 Å². The molecule has 21 nitrogen and oxygen atoms in total. The van der Waals surface area contributed by atoms with Crippen molar-refractivity contribution < 1.29 is 94.8 Å². The molecule has 62 heavy (non-hydrogen) atoms. The molecule has 3 aromatic rings. The van der Waals surface area contributed by atoms with E-state index in [1.165, 1.54) is 16.7 Å². The van der Waals surface area contributed by atoms with Crippen molar-refractivity contribution in [2.75, 3.05) is 54.1 Å². The lowest BCUT2D eigenvalue weighted by Gasteiger charge is -2.35. The van der Waals surface area contributed by atoms with E-state index in [1.54, 1.807) is 21.3 Å². The fourth-order valence-electron chi connectivity index (χ4n) is 6.29. The van der Waals surface area contributed by atoms with E-state index < -0.39 is 72.7 Å². The first-order valence-corrected chi connectivity index (χ1v) is 18.4. The minimum absolute atomic E-state index is 0. The van der Waals surface area contributed by atoms with E-state index in [0.29, 0.717) is 23.2 Å². The Hall–Kier alpha value is -6.36. The van der Waals surface area contributed by atoms with Crippen LogP contribution < -0.4 is 14.2 Å². The largest absolute Gasteiger partial charge is 0.493 e. The second-order valence-electron chi connectivity index (χ2n) is 13.8. The van der Waals surface area contributed by atoms with Gasteiger partial charge in [-0.15, -0.1) is 0 Å². The van der Waals surface area contributed by atoms with Crippen LogP contribution in [0.5, 0.6) is 17.2 Å². The molecule has 1 aliphatic rings. The van der Waals surface area contributed by atoms with E-state index >= 15 is 0 Å². The highest BCUT2D eigenvalue weighted by molar-refractivity contribution is 5.88. The van der Waals surface area contributed by atoms with Crippen molar-refractivity contribution in [2.45, 2.75) is 55.8 Å². The number of methoxy groups -OCH3 is 3. The Morgan fingerprint density at radius 3 is 1.19 bits per heavy atom. The molecule has 0 amide bonds. The third kappa shape index (κ3) is 18.1. The Balaban J connectivity index is 0.00000110. The molecule has 1 heterocycles. The molecular formula is C41H56N2O19. The highest BCUT2D eigenvalue weighted by atomic mass is 16.5. The van der Waals surface area contributed by atoms with Gasteiger partial charge in [-0.05, 0) is 41.8 Å². The lowest BCUT2D eigenvalue weighted by molar-refractivity contribution is -0.170. The summed E-state index contributed by atoms with van der Waals surface area (Å²) in [6, 6.07) is 25.9. The van der Waals surface area contributed by atoms with Crippen LogP contribution in [0, 0.1) is 0 Å². The molecule has 0 saturated carbocycles. The fourth-order valence-corrected chi connectivity index (χ4v) is 6.29. The smallest absolute Gasteiger partial charge is 0.336 e. The molecule has 0 radical (unpaired) electrons. The Kier molecular flexibility index (Phi) is 24.0. The lowest BCUT2D eigenvalue weighted by atomic mass is 9.88. The zero-order valence-corrected chi connectivity index (χ0v) is 34.4. The molecule has 21 heteroatoms. The number of aliphatic hydroxyl groups is 2. The van der Waals surface area contributed by atoms with Crippen LogP contribution in [0.2, 0.25) is 0 Å². The van der Waals surface area contributed by atoms with E-state index in [2.05, 4.69) is 82.6 Å². The molecule has 0 bridgehead atoms. The summed E-state index contributed by atoms with van der Waals surface area (Å²) in [5, 5.41) is 67.6. The van der Waals surface area contributed by atoms with Gasteiger partial charge >= 0.3 is 35.8 Å². The normalized spacial score (nSPS) is 12.7. The zero-order valence-electron chi connectivity index (χ0n) is 34.4. The number of hydrogen-bond donors (Lipinski definition) is 8. The first kappa shape index (κ1) is 55.6. The molecule has 12 N–H and O–H groups in total. The van der Waals surface area contributed by atoms with Crippen LogP contribution in [0.3, 0.4) is 0 Å². The van der Waals surface area contributed by atoms with E-state index in [-0.39, 0.29) is 11.0 Å². The lowest BCUT2D eigenvalue weighted by Crippen LogP contribution is -2.46. The molecule has 0 unspecified atom stereocenters. The summed E-state index contributed by atoms with van der Waals surface area (Å²) < 4.78 is 16.5. The Morgan fingerprint density at radius 2 is 0.903 bits per heavy atom. The highest BCUT2D eigenvalue weighted by Gasteiger charge is 2.41. The number of ether oxygens (including phenoxy) is 3. The van der Waals surface area contributed by atoms with Gasteiger partial charge in [-0.2, -0.15) is 0 Å². The van der Waals surface area contributed by atoms with Gasteiger partial charge in [0, 0.05) is 38.6 Å². The number of piperazine rings is 1. The van der Waals surface area contributed by atoms with Gasteiger partial charge in [-0.1, -0.05) is 60.7 Å². The second kappa shape index (κ2) is 26.8. The van der Waals surface area contributed by atoms with Gasteiger partial charge in [0.05, 0.1) is 47.0 Å². The molecular weight excluding hydrogens is 824 g/mol. The monoisotopic (exact) mass is 880 g/mol. The Labute approximate surface area is 356 Å². The number of carboxylic acid groups (broad SMARTS) is 6. The number of hydrogen-bond acceptors (Lipinski definition) is 13. The highest BCUT2D eigenvalue weighted by Crippen LogP contribution is 2.38. The molecule has 0 spiro atoms. The molecule has 1 aliphatic heterocycles. The number of carboxylic acids is 6. The third-order valence-corrected chi connectivity index (χ3v) is 9.30. The van der Waals surface area contributed by atoms with Crippen LogP contribution in [0.4, 0.5) is 0 Å². The summed E-state index contributed by atoms with van der Waals surface area (Å²) in [4.78, 5) is 66.1. The fraction of sp³-hybridized carbons (Fsp3) is 0.415. The average Bonchev–Trinajstić information content (AvgIpc) is 3.18. The molecule has 0 aliphatic carbocycles. The van der Waals surface area contributed by atoms with Crippen molar-refractivity contribution in [1.82, 2.24) is 9.80 Å². The van der Waals surface area contributed by atoms with Gasteiger partial charge in [0.1, 0.15) is 0 Å². The van der Waals surface area contributed by atoms with E-state index in [9.17, 15) is 28.8 Å². The molecule has 1 fully saturated rings. The maximum atomic E-state index is 10.3. The molecule has 0 aromatic heterocycles. The predicted molar refractivity (Wildman–Crippen MR) is 219 cm³/mol. The van der Waals surface area contributed by atoms with Crippen LogP contribution in [-0.4, -0.2) is 163 Å². The number of aliphatic carboxylic acids is 6. The predicted octanol–water partition coefficient (Wildman–Crippen LogP) is 0.906. The summed E-state index contributed by atoms with van der Waals surface area (Å²) in [5.74, 6) is -7.54. The summed E-state index contributed by atoms with van der Waals surface area (Å²) in [7, 11) is 4.97. The summed E-state index contributed by atoms with van der Waals surface area (Å²) in [6.07, 6.45) is -3.45. The number of rotatable bonds is 20. The van der Waals surface area contributed by atoms with Crippen LogP contribution in [0.15, 0.2) is 72.8 Å². The van der Waals surface area contributed by atoms with E-state index in [1.807, 2.05) is 0 Å². The number of nitrogens with zero attached hydrogens (tertiary/aromatic N) is 2. The standard InChI is InChI=1S/C29H36N2O3.2C6H8O7.2H2O/c1-32-27-20-23(21-28(33-2)29(27)34-3)22-31-18-16-30(17-19-31)15-14-26(24-10-6-4-7-11-24)25-12-8-5-9-13-25;2*7-3(8)1-6(13,5(11)12)2-4(9)10;;/h4-13,20-21,26H,14-19,22H2,1-3H3;2*13H,1-2H2,(H,7,8)(H,9,10)(H,11,12);2*1H2. The van der Waals surface area contributed by atoms with Gasteiger partial charge in [-0.25, -0.2) is 9.59 Å². The van der Waals surface area contributed by atoms with Crippen molar-refractivity contribution in [3.63, 3.8) is 0 Å². The molecule has 344 valence electrons. The number of carbonyl (C=O) groups is 6. The van der Waals surface area contributed by atoms with Crippen LogP contribution in [0.25, 0.3) is 0 Å². The van der Waals surface area contributed by atoms with E-state index in [4.69, 9.17) is 55.1 Å². The van der Waals surface area contributed by atoms with Crippen LogP contribution >= 0.6 is 0 Å². The van der Waals surface area contributed by atoms with Crippen molar-refractivity contribution in [1.29, 1.82) is 0 Å². The minimum atomic E-state index is -2.74. The van der Waals surface area contributed by atoms with Crippen molar-refractivity contribution in [3.05, 3.63) is 89.5 Å². The van der Waals surface area contributed by atoms with Gasteiger partial charge in [0.25, 0.3) is 0 Å². The Bertz CT molecular complexity index is 1740. The Morgan fingerprint density at radius 1 is 0.565 bits per heavy atom. The summed E-state index contributed by atoms with van der Waals surface area (Å²) in [5.41, 5.74) is -1.50. The topological polar surface area (TPSA) is 361 Å². The van der Waals surface area contributed by atoms with Crippen molar-refractivity contribution in [3.8, 4) is 17.2 Å². The van der Waals surface area contributed by atoms with Crippen molar-refractivity contribution in [2.24, 2.45) is 0 Å². The minimum Gasteiger partial charge on any atom is -0.493 e. The van der Waals surface area contributed by atoms with Gasteiger partial charge in [-0.3, -0.25) is 24.1 Å². The van der Waals surface area contributed by atoms with E-state index in [0.717, 1.165) is 45.7 Å². The third-order valence-electron chi connectivity index (χ3n) is 9.30. The zero-order chi connectivity index (χ0) is 45.0. The first-order chi connectivity index (χ1) is 28.3. The van der Waals surface area contributed by atoms with Crippen LogP contribution in [0.1, 0.15) is 54.7 Å². The average molecular weight is 881 g/mol. The quantitative estimate of drug-likeness (QED) is 0.0781. The molecule has 4 rings (SSSR count). The maximum Gasteiger partial charge on any atom is 0.336 e. The SMILES string of the molecule is COc1cc(CN2CCN(CCC(c3ccccc3)c3ccccc3)CC2)cc(OC)c1OC.O.O.O=C(O)CC(O)(CC(=O)O)C(=O)O.O=C(O)CC(O)(CC(=O)O)C(=O)O. The molecule has 0 atom stereocenters. The molecule has 3 aromatic carbocycles. The van der Waals surface area contributed by atoms with Gasteiger partial charge in [0.2, 0.25) is 5.75 Å². The van der Waals surface area contributed by atoms with Gasteiger partial charge in [0.15, 0.2) is 22.7 Å².